The van der Waals surface area contributed by atoms with Crippen LogP contribution in [0.25, 0.3) is 0 Å². The summed E-state index contributed by atoms with van der Waals surface area (Å²) in [6.45, 7) is 3.36. The molecule has 28 heavy (non-hydrogen) atoms. The summed E-state index contributed by atoms with van der Waals surface area (Å²) in [5, 5.41) is 6.90. The molecule has 1 saturated heterocycles. The fourth-order valence-electron chi connectivity index (χ4n) is 2.76. The zero-order valence-electron chi connectivity index (χ0n) is 16.2. The molecule has 156 valence electrons. The highest BCUT2D eigenvalue weighted by molar-refractivity contribution is 14.0. The van der Waals surface area contributed by atoms with E-state index in [0.717, 1.165) is 6.42 Å². The number of benzene rings is 1. The summed E-state index contributed by atoms with van der Waals surface area (Å²) < 4.78 is 5.94. The lowest BCUT2D eigenvalue weighted by Crippen LogP contribution is -2.47. The minimum Gasteiger partial charge on any atom is -0.487 e. The Morgan fingerprint density at radius 1 is 1.25 bits per heavy atom. The first-order chi connectivity index (χ1) is 13.0. The van der Waals surface area contributed by atoms with Crippen LogP contribution >= 0.6 is 35.6 Å². The Kier molecular flexibility index (Phi) is 11.2. The van der Waals surface area contributed by atoms with Crippen LogP contribution in [0.2, 0.25) is 5.02 Å². The largest absolute Gasteiger partial charge is 0.487 e. The monoisotopic (exact) mass is 522 g/mol. The molecule has 1 aliphatic rings. The lowest BCUT2D eigenvalue weighted by atomic mass is 10.1. The highest BCUT2D eigenvalue weighted by atomic mass is 127. The van der Waals surface area contributed by atoms with Crippen molar-refractivity contribution in [2.45, 2.75) is 38.7 Å². The van der Waals surface area contributed by atoms with E-state index in [-0.39, 0.29) is 41.9 Å². The molecule has 1 atom stereocenters. The number of hydrogen-bond donors (Lipinski definition) is 2. The number of likely N-dealkylation sites (tertiary alicyclic amines) is 1. The molecule has 2 rings (SSSR count). The number of aliphatic imine (C=N–C) groups is 1. The first-order valence-electron chi connectivity index (χ1n) is 9.24. The lowest BCUT2D eigenvalue weighted by molar-refractivity contribution is -0.147. The molecule has 1 heterocycles. The average molecular weight is 523 g/mol. The van der Waals surface area contributed by atoms with Crippen molar-refractivity contribution in [2.75, 3.05) is 26.7 Å². The molecule has 1 aromatic carbocycles. The van der Waals surface area contributed by atoms with Crippen LogP contribution in [0.4, 0.5) is 0 Å². The quantitative estimate of drug-likeness (QED) is 0.237. The maximum atomic E-state index is 11.8. The number of imide groups is 1. The molecule has 1 unspecified atom stereocenters. The van der Waals surface area contributed by atoms with Crippen molar-refractivity contribution >= 4 is 53.4 Å². The number of amides is 2. The predicted molar refractivity (Wildman–Crippen MR) is 122 cm³/mol. The second-order valence-corrected chi connectivity index (χ2v) is 6.66. The van der Waals surface area contributed by atoms with E-state index >= 15 is 0 Å². The van der Waals surface area contributed by atoms with Gasteiger partial charge in [0, 0.05) is 33.0 Å². The Morgan fingerprint density at radius 3 is 2.54 bits per heavy atom. The first-order valence-corrected chi connectivity index (χ1v) is 9.61. The van der Waals surface area contributed by atoms with Gasteiger partial charge in [0.2, 0.25) is 11.8 Å². The first kappa shape index (κ1) is 24.5. The van der Waals surface area contributed by atoms with E-state index in [0.29, 0.717) is 55.6 Å². The second kappa shape index (κ2) is 12.8. The lowest BCUT2D eigenvalue weighted by Gasteiger charge is -2.25. The topological polar surface area (TPSA) is 83.0 Å². The molecule has 0 bridgehead atoms. The molecular weight excluding hydrogens is 495 g/mol. The van der Waals surface area contributed by atoms with Crippen LogP contribution < -0.4 is 15.4 Å². The number of guanidine groups is 1. The van der Waals surface area contributed by atoms with Gasteiger partial charge >= 0.3 is 0 Å². The Labute approximate surface area is 188 Å². The van der Waals surface area contributed by atoms with Crippen molar-refractivity contribution in [3.05, 3.63) is 29.3 Å². The summed E-state index contributed by atoms with van der Waals surface area (Å²) in [6.07, 6.45) is 2.25. The number of para-hydroxylation sites is 1. The number of hydrogen-bond acceptors (Lipinski definition) is 4. The molecule has 0 aliphatic carbocycles. The number of piperidine rings is 1. The molecule has 2 N–H and O–H groups in total. The van der Waals surface area contributed by atoms with Gasteiger partial charge in [0.05, 0.1) is 11.6 Å². The zero-order chi connectivity index (χ0) is 19.6. The Bertz CT molecular complexity index is 671. The molecule has 7 nitrogen and oxygen atoms in total. The molecule has 0 radical (unpaired) electrons. The molecule has 1 fully saturated rings. The van der Waals surface area contributed by atoms with E-state index in [1.807, 2.05) is 25.1 Å². The van der Waals surface area contributed by atoms with Crippen molar-refractivity contribution in [3.8, 4) is 5.75 Å². The van der Waals surface area contributed by atoms with Gasteiger partial charge in [-0.25, -0.2) is 0 Å². The number of ether oxygens (including phenoxy) is 1. The highest BCUT2D eigenvalue weighted by Crippen LogP contribution is 2.24. The molecular formula is C19H28ClIN4O3. The van der Waals surface area contributed by atoms with Crippen molar-refractivity contribution in [1.29, 1.82) is 0 Å². The van der Waals surface area contributed by atoms with Crippen LogP contribution in [0.1, 0.15) is 32.6 Å². The van der Waals surface area contributed by atoms with Crippen LogP contribution in [0.3, 0.4) is 0 Å². The highest BCUT2D eigenvalue weighted by Gasteiger charge is 2.25. The predicted octanol–water partition coefficient (Wildman–Crippen LogP) is 2.82. The van der Waals surface area contributed by atoms with Gasteiger partial charge in [0.25, 0.3) is 0 Å². The SMILES string of the molecule is CCC(CNC(=NC)NCCN1C(=O)CCCC1=O)Oc1ccccc1Cl.I. The molecule has 0 aromatic heterocycles. The normalized spacial score (nSPS) is 15.7. The van der Waals surface area contributed by atoms with E-state index in [4.69, 9.17) is 16.3 Å². The van der Waals surface area contributed by atoms with Crippen LogP contribution in [-0.2, 0) is 9.59 Å². The average Bonchev–Trinajstić information content (AvgIpc) is 2.67. The van der Waals surface area contributed by atoms with Gasteiger partial charge in [-0.1, -0.05) is 30.7 Å². The van der Waals surface area contributed by atoms with E-state index in [1.54, 1.807) is 13.1 Å². The van der Waals surface area contributed by atoms with Gasteiger partial charge in [-0.3, -0.25) is 19.5 Å². The Balaban J connectivity index is 0.00000392. The van der Waals surface area contributed by atoms with E-state index in [1.165, 1.54) is 4.90 Å². The number of carbonyl (C=O) groups excluding carboxylic acids is 2. The maximum absolute atomic E-state index is 11.8. The van der Waals surface area contributed by atoms with Gasteiger partial charge in [0.15, 0.2) is 5.96 Å². The van der Waals surface area contributed by atoms with E-state index < -0.39 is 0 Å². The van der Waals surface area contributed by atoms with Crippen LogP contribution in [0.5, 0.6) is 5.75 Å². The molecule has 1 aliphatic heterocycles. The molecule has 0 saturated carbocycles. The summed E-state index contributed by atoms with van der Waals surface area (Å²) in [6, 6.07) is 7.37. The minimum atomic E-state index is -0.102. The summed E-state index contributed by atoms with van der Waals surface area (Å²) in [7, 11) is 1.67. The Hall–Kier alpha value is -1.55. The standard InChI is InChI=1S/C19H27ClN4O3.HI/c1-3-14(27-16-8-5-4-7-15(16)20)13-23-19(21-2)22-11-12-24-17(25)9-6-10-18(24)26;/h4-5,7-8,14H,3,6,9-13H2,1-2H3,(H2,21,22,23);1H. The minimum absolute atomic E-state index is 0. The van der Waals surface area contributed by atoms with Crippen molar-refractivity contribution in [1.82, 2.24) is 15.5 Å². The molecule has 2 amide bonds. The van der Waals surface area contributed by atoms with Crippen LogP contribution in [-0.4, -0.2) is 55.5 Å². The van der Waals surface area contributed by atoms with Gasteiger partial charge in [-0.05, 0) is 25.0 Å². The third-order valence-corrected chi connectivity index (χ3v) is 4.63. The number of halogens is 2. The molecule has 0 spiro atoms. The summed E-state index contributed by atoms with van der Waals surface area (Å²) >= 11 is 6.14. The van der Waals surface area contributed by atoms with Gasteiger partial charge < -0.3 is 15.4 Å². The third kappa shape index (κ3) is 7.46. The molecule has 1 aromatic rings. The van der Waals surface area contributed by atoms with E-state index in [9.17, 15) is 9.59 Å². The van der Waals surface area contributed by atoms with Gasteiger partial charge in [-0.2, -0.15) is 0 Å². The Morgan fingerprint density at radius 2 is 1.93 bits per heavy atom. The summed E-state index contributed by atoms with van der Waals surface area (Å²) in [5.41, 5.74) is 0. The van der Waals surface area contributed by atoms with Crippen LogP contribution in [0.15, 0.2) is 29.3 Å². The van der Waals surface area contributed by atoms with Crippen LogP contribution in [0, 0.1) is 0 Å². The van der Waals surface area contributed by atoms with Gasteiger partial charge in [0.1, 0.15) is 11.9 Å². The zero-order valence-corrected chi connectivity index (χ0v) is 19.3. The number of rotatable bonds is 8. The summed E-state index contributed by atoms with van der Waals surface area (Å²) in [5.74, 6) is 1.04. The van der Waals surface area contributed by atoms with Crippen molar-refractivity contribution in [2.24, 2.45) is 4.99 Å². The fraction of sp³-hybridized carbons (Fsp3) is 0.526. The van der Waals surface area contributed by atoms with Crippen molar-refractivity contribution in [3.63, 3.8) is 0 Å². The number of nitrogens with one attached hydrogen (secondary N) is 2. The number of nitrogens with zero attached hydrogens (tertiary/aromatic N) is 2. The molecule has 9 heteroatoms. The second-order valence-electron chi connectivity index (χ2n) is 6.25. The smallest absolute Gasteiger partial charge is 0.229 e. The third-order valence-electron chi connectivity index (χ3n) is 4.32. The van der Waals surface area contributed by atoms with E-state index in [2.05, 4.69) is 15.6 Å². The maximum Gasteiger partial charge on any atom is 0.229 e. The summed E-state index contributed by atoms with van der Waals surface area (Å²) in [4.78, 5) is 29.1. The fourth-order valence-corrected chi connectivity index (χ4v) is 2.94. The number of carbonyl (C=O) groups is 2. The van der Waals surface area contributed by atoms with Gasteiger partial charge in [-0.15, -0.1) is 24.0 Å². The van der Waals surface area contributed by atoms with Crippen molar-refractivity contribution < 1.29 is 14.3 Å².